The van der Waals surface area contributed by atoms with E-state index in [0.29, 0.717) is 23.0 Å². The molecule has 2 aromatic heterocycles. The van der Waals surface area contributed by atoms with Crippen LogP contribution in [0.5, 0.6) is 0 Å². The van der Waals surface area contributed by atoms with Crippen LogP contribution in [0, 0.1) is 6.92 Å². The maximum atomic E-state index is 11.4. The van der Waals surface area contributed by atoms with Crippen molar-refractivity contribution in [2.24, 2.45) is 0 Å². The number of rotatable bonds is 3. The molecular weight excluding hydrogens is 264 g/mol. The Bertz CT molecular complexity index is 627. The number of nitrogens with zero attached hydrogens (tertiary/aromatic N) is 4. The highest BCUT2D eigenvalue weighted by Crippen LogP contribution is 2.29. The minimum Gasteiger partial charge on any atom is -0.298 e. The minimum atomic E-state index is 0.400. The van der Waals surface area contributed by atoms with Crippen LogP contribution >= 0.6 is 0 Å². The monoisotopic (exact) mass is 284 g/mol. The molecule has 0 atom stereocenters. The number of aldehydes is 1. The van der Waals surface area contributed by atoms with E-state index in [1.54, 1.807) is 12.4 Å². The van der Waals surface area contributed by atoms with E-state index < -0.39 is 0 Å². The molecule has 1 fully saturated rings. The van der Waals surface area contributed by atoms with E-state index in [2.05, 4.69) is 15.1 Å². The van der Waals surface area contributed by atoms with Gasteiger partial charge in [0.1, 0.15) is 11.4 Å². The molecule has 0 spiro atoms. The van der Waals surface area contributed by atoms with Gasteiger partial charge < -0.3 is 0 Å². The van der Waals surface area contributed by atoms with Crippen molar-refractivity contribution in [2.75, 3.05) is 0 Å². The maximum Gasteiger partial charge on any atom is 0.153 e. The molecule has 0 N–H and O–H groups in total. The molecule has 0 saturated heterocycles. The smallest absolute Gasteiger partial charge is 0.153 e. The Labute approximate surface area is 124 Å². The molecule has 1 aliphatic carbocycles. The van der Waals surface area contributed by atoms with Gasteiger partial charge in [-0.15, -0.1) is 0 Å². The summed E-state index contributed by atoms with van der Waals surface area (Å²) in [5.41, 5.74) is 2.75. The summed E-state index contributed by atoms with van der Waals surface area (Å²) in [5.74, 6) is 0. The van der Waals surface area contributed by atoms with Gasteiger partial charge in [-0.2, -0.15) is 5.10 Å². The van der Waals surface area contributed by atoms with Crippen LogP contribution in [0.4, 0.5) is 0 Å². The molecule has 3 rings (SSSR count). The van der Waals surface area contributed by atoms with Crippen LogP contribution in [0.25, 0.3) is 11.4 Å². The van der Waals surface area contributed by atoms with Crippen molar-refractivity contribution in [1.29, 1.82) is 0 Å². The zero-order chi connectivity index (χ0) is 14.7. The van der Waals surface area contributed by atoms with E-state index >= 15 is 0 Å². The molecule has 0 aliphatic heterocycles. The van der Waals surface area contributed by atoms with Crippen molar-refractivity contribution < 1.29 is 4.79 Å². The average molecular weight is 284 g/mol. The van der Waals surface area contributed by atoms with Crippen LogP contribution in [0.2, 0.25) is 0 Å². The van der Waals surface area contributed by atoms with Crippen LogP contribution in [0.3, 0.4) is 0 Å². The van der Waals surface area contributed by atoms with Crippen LogP contribution < -0.4 is 0 Å². The van der Waals surface area contributed by atoms with E-state index in [0.717, 1.165) is 24.8 Å². The molecule has 1 aliphatic rings. The van der Waals surface area contributed by atoms with E-state index in [1.807, 2.05) is 17.8 Å². The van der Waals surface area contributed by atoms with Crippen LogP contribution in [-0.4, -0.2) is 26.0 Å². The lowest BCUT2D eigenvalue weighted by Crippen LogP contribution is -2.08. The first-order chi connectivity index (χ1) is 10.3. The second-order valence-corrected chi connectivity index (χ2v) is 5.67. The van der Waals surface area contributed by atoms with Gasteiger partial charge in [0.15, 0.2) is 6.29 Å². The quantitative estimate of drug-likeness (QED) is 0.640. The molecule has 0 radical (unpaired) electrons. The van der Waals surface area contributed by atoms with Crippen molar-refractivity contribution in [3.8, 4) is 11.4 Å². The van der Waals surface area contributed by atoms with E-state index in [9.17, 15) is 4.79 Å². The lowest BCUT2D eigenvalue weighted by molar-refractivity contribution is 0.112. The van der Waals surface area contributed by atoms with Crippen molar-refractivity contribution in [3.63, 3.8) is 0 Å². The number of aryl methyl sites for hydroxylation is 1. The molecule has 5 nitrogen and oxygen atoms in total. The third kappa shape index (κ3) is 2.86. The van der Waals surface area contributed by atoms with Gasteiger partial charge in [-0.1, -0.05) is 25.7 Å². The zero-order valence-electron chi connectivity index (χ0n) is 12.3. The van der Waals surface area contributed by atoms with Gasteiger partial charge in [-0.3, -0.25) is 19.4 Å². The summed E-state index contributed by atoms with van der Waals surface area (Å²) in [6, 6.07) is 0.400. The highest BCUT2D eigenvalue weighted by atomic mass is 16.1. The first-order valence-corrected chi connectivity index (χ1v) is 7.62. The predicted octanol–water partition coefficient (Wildman–Crippen LogP) is 3.36. The third-order valence-electron chi connectivity index (χ3n) is 4.19. The summed E-state index contributed by atoms with van der Waals surface area (Å²) in [5, 5.41) is 4.66. The molecule has 2 heterocycles. The first-order valence-electron chi connectivity index (χ1n) is 7.62. The summed E-state index contributed by atoms with van der Waals surface area (Å²) in [7, 11) is 0. The van der Waals surface area contributed by atoms with Gasteiger partial charge in [0.25, 0.3) is 0 Å². The summed E-state index contributed by atoms with van der Waals surface area (Å²) >= 11 is 0. The number of aromatic nitrogens is 4. The zero-order valence-corrected chi connectivity index (χ0v) is 12.3. The number of hydrogen-bond acceptors (Lipinski definition) is 4. The van der Waals surface area contributed by atoms with Crippen LogP contribution in [0.15, 0.2) is 18.6 Å². The van der Waals surface area contributed by atoms with Crippen LogP contribution in [-0.2, 0) is 0 Å². The number of carbonyl (C=O) groups excluding carboxylic acids is 1. The lowest BCUT2D eigenvalue weighted by Gasteiger charge is -2.14. The standard InChI is InChI=1S/C16H20N4O/c1-12-15(18-9-8-17-12)16-13(11-21)10-20(19-16)14-6-4-2-3-5-7-14/h8-11,14H,2-7H2,1H3. The Morgan fingerprint density at radius 1 is 1.10 bits per heavy atom. The molecule has 21 heavy (non-hydrogen) atoms. The Kier molecular flexibility index (Phi) is 4.08. The normalized spacial score (nSPS) is 16.6. The van der Waals surface area contributed by atoms with Gasteiger partial charge in [0, 0.05) is 18.6 Å². The maximum absolute atomic E-state index is 11.4. The van der Waals surface area contributed by atoms with Gasteiger partial charge in [-0.25, -0.2) is 0 Å². The fourth-order valence-electron chi connectivity index (χ4n) is 3.03. The van der Waals surface area contributed by atoms with Gasteiger partial charge in [0.05, 0.1) is 17.3 Å². The van der Waals surface area contributed by atoms with Crippen LogP contribution in [0.1, 0.15) is 60.6 Å². The summed E-state index contributed by atoms with van der Waals surface area (Å²) in [6.07, 6.45) is 13.4. The Morgan fingerprint density at radius 2 is 1.81 bits per heavy atom. The largest absolute Gasteiger partial charge is 0.298 e. The Morgan fingerprint density at radius 3 is 2.48 bits per heavy atom. The summed E-state index contributed by atoms with van der Waals surface area (Å²) < 4.78 is 1.97. The fraction of sp³-hybridized carbons (Fsp3) is 0.500. The minimum absolute atomic E-state index is 0.400. The second-order valence-electron chi connectivity index (χ2n) is 5.67. The second kappa shape index (κ2) is 6.16. The van der Waals surface area contributed by atoms with Crippen molar-refractivity contribution in [1.82, 2.24) is 19.7 Å². The Hall–Kier alpha value is -2.04. The predicted molar refractivity (Wildman–Crippen MR) is 80.1 cm³/mol. The van der Waals surface area contributed by atoms with Crippen molar-refractivity contribution in [2.45, 2.75) is 51.5 Å². The van der Waals surface area contributed by atoms with E-state index in [1.165, 1.54) is 25.7 Å². The molecule has 0 unspecified atom stereocenters. The third-order valence-corrected chi connectivity index (χ3v) is 4.19. The fourth-order valence-corrected chi connectivity index (χ4v) is 3.03. The number of hydrogen-bond donors (Lipinski definition) is 0. The molecule has 0 aromatic carbocycles. The summed E-state index contributed by atoms with van der Waals surface area (Å²) in [6.45, 7) is 1.89. The van der Waals surface area contributed by atoms with Gasteiger partial charge in [-0.05, 0) is 19.8 Å². The molecule has 0 amide bonds. The molecular formula is C16H20N4O. The highest BCUT2D eigenvalue weighted by Gasteiger charge is 2.20. The molecule has 1 saturated carbocycles. The topological polar surface area (TPSA) is 60.7 Å². The Balaban J connectivity index is 1.98. The first kappa shape index (κ1) is 13.9. The molecule has 0 bridgehead atoms. The number of carbonyl (C=O) groups is 1. The lowest BCUT2D eigenvalue weighted by atomic mass is 10.1. The van der Waals surface area contributed by atoms with Gasteiger partial charge >= 0.3 is 0 Å². The SMILES string of the molecule is Cc1nccnc1-c1nn(C2CCCCCC2)cc1C=O. The van der Waals surface area contributed by atoms with E-state index in [4.69, 9.17) is 0 Å². The summed E-state index contributed by atoms with van der Waals surface area (Å²) in [4.78, 5) is 20.0. The average Bonchev–Trinajstić information content (AvgIpc) is 2.74. The van der Waals surface area contributed by atoms with Crippen molar-refractivity contribution in [3.05, 3.63) is 29.8 Å². The molecule has 2 aromatic rings. The molecule has 5 heteroatoms. The van der Waals surface area contributed by atoms with Crippen molar-refractivity contribution >= 4 is 6.29 Å². The van der Waals surface area contributed by atoms with Gasteiger partial charge in [0.2, 0.25) is 0 Å². The highest BCUT2D eigenvalue weighted by molar-refractivity contribution is 5.84. The van der Waals surface area contributed by atoms with E-state index in [-0.39, 0.29) is 0 Å². The molecule has 110 valence electrons.